The fraction of sp³-hybridized carbons (Fsp3) is 0.533. The SMILES string of the molecule is COc1cc(C(C)C)c(OC)c2c1C(=O)CCC2. The van der Waals surface area contributed by atoms with Gasteiger partial charge in [0.2, 0.25) is 0 Å². The Kier molecular flexibility index (Phi) is 3.60. The predicted octanol–water partition coefficient (Wildman–Crippen LogP) is 3.35. The Morgan fingerprint density at radius 1 is 1.17 bits per heavy atom. The average Bonchev–Trinajstić information content (AvgIpc) is 2.36. The number of Topliss-reactive ketones (excluding diaryl/α,β-unsaturated/α-hetero) is 1. The van der Waals surface area contributed by atoms with Crippen LogP contribution >= 0.6 is 0 Å². The first-order chi connectivity index (χ1) is 8.60. The van der Waals surface area contributed by atoms with E-state index in [1.54, 1.807) is 14.2 Å². The lowest BCUT2D eigenvalue weighted by Crippen LogP contribution is -2.15. The summed E-state index contributed by atoms with van der Waals surface area (Å²) in [5.41, 5.74) is 2.87. The van der Waals surface area contributed by atoms with E-state index in [2.05, 4.69) is 13.8 Å². The molecule has 0 unspecified atom stereocenters. The van der Waals surface area contributed by atoms with E-state index in [1.807, 2.05) is 6.07 Å². The summed E-state index contributed by atoms with van der Waals surface area (Å²) in [6.07, 6.45) is 2.39. The number of ketones is 1. The summed E-state index contributed by atoms with van der Waals surface area (Å²) in [5, 5.41) is 0. The van der Waals surface area contributed by atoms with E-state index in [1.165, 1.54) is 0 Å². The van der Waals surface area contributed by atoms with Gasteiger partial charge in [0.05, 0.1) is 19.8 Å². The molecule has 0 aliphatic heterocycles. The van der Waals surface area contributed by atoms with E-state index in [0.717, 1.165) is 35.3 Å². The lowest BCUT2D eigenvalue weighted by atomic mass is 9.85. The maximum absolute atomic E-state index is 12.1. The second-order valence-electron chi connectivity index (χ2n) is 4.99. The molecule has 1 aromatic rings. The Hall–Kier alpha value is -1.51. The van der Waals surface area contributed by atoms with Crippen LogP contribution in [0, 0.1) is 0 Å². The van der Waals surface area contributed by atoms with Crippen LogP contribution in [-0.2, 0) is 6.42 Å². The van der Waals surface area contributed by atoms with Crippen molar-refractivity contribution in [2.24, 2.45) is 0 Å². The van der Waals surface area contributed by atoms with Gasteiger partial charge in [0.15, 0.2) is 5.78 Å². The molecular weight excluding hydrogens is 228 g/mol. The van der Waals surface area contributed by atoms with E-state index in [-0.39, 0.29) is 5.78 Å². The van der Waals surface area contributed by atoms with Crippen molar-refractivity contribution in [2.45, 2.75) is 39.0 Å². The molecule has 0 N–H and O–H groups in total. The third-order valence-electron chi connectivity index (χ3n) is 3.53. The summed E-state index contributed by atoms with van der Waals surface area (Å²) >= 11 is 0. The zero-order valence-electron chi connectivity index (χ0n) is 11.5. The smallest absolute Gasteiger partial charge is 0.167 e. The van der Waals surface area contributed by atoms with Crippen LogP contribution in [0.15, 0.2) is 6.07 Å². The van der Waals surface area contributed by atoms with Crippen LogP contribution in [-0.4, -0.2) is 20.0 Å². The fourth-order valence-electron chi connectivity index (χ4n) is 2.64. The molecule has 0 saturated carbocycles. The van der Waals surface area contributed by atoms with Gasteiger partial charge in [0.1, 0.15) is 11.5 Å². The van der Waals surface area contributed by atoms with E-state index in [0.29, 0.717) is 18.1 Å². The minimum absolute atomic E-state index is 0.168. The first kappa shape index (κ1) is 12.9. The van der Waals surface area contributed by atoms with Crippen LogP contribution in [0.25, 0.3) is 0 Å². The number of carbonyl (C=O) groups excluding carboxylic acids is 1. The molecule has 18 heavy (non-hydrogen) atoms. The number of benzene rings is 1. The fourth-order valence-corrected chi connectivity index (χ4v) is 2.64. The summed E-state index contributed by atoms with van der Waals surface area (Å²) in [5.74, 6) is 2.07. The molecule has 1 aliphatic carbocycles. The Labute approximate surface area is 108 Å². The molecule has 0 atom stereocenters. The summed E-state index contributed by atoms with van der Waals surface area (Å²) in [4.78, 5) is 12.1. The topological polar surface area (TPSA) is 35.5 Å². The Morgan fingerprint density at radius 2 is 1.89 bits per heavy atom. The lowest BCUT2D eigenvalue weighted by Gasteiger charge is -2.24. The maximum Gasteiger partial charge on any atom is 0.167 e. The van der Waals surface area contributed by atoms with Crippen molar-refractivity contribution in [3.05, 3.63) is 22.8 Å². The second-order valence-corrected chi connectivity index (χ2v) is 4.99. The van der Waals surface area contributed by atoms with Crippen molar-refractivity contribution in [2.75, 3.05) is 14.2 Å². The van der Waals surface area contributed by atoms with Crippen LogP contribution in [0.4, 0.5) is 0 Å². The minimum Gasteiger partial charge on any atom is -0.496 e. The number of ether oxygens (including phenoxy) is 2. The molecule has 0 spiro atoms. The van der Waals surface area contributed by atoms with Gasteiger partial charge >= 0.3 is 0 Å². The first-order valence-corrected chi connectivity index (χ1v) is 6.41. The number of methoxy groups -OCH3 is 2. The molecular formula is C15H20O3. The van der Waals surface area contributed by atoms with E-state index in [9.17, 15) is 4.79 Å². The van der Waals surface area contributed by atoms with Gasteiger partial charge in [-0.3, -0.25) is 4.79 Å². The minimum atomic E-state index is 0.168. The van der Waals surface area contributed by atoms with Crippen LogP contribution in [0.3, 0.4) is 0 Å². The quantitative estimate of drug-likeness (QED) is 0.823. The van der Waals surface area contributed by atoms with Gasteiger partial charge in [-0.15, -0.1) is 0 Å². The van der Waals surface area contributed by atoms with Gasteiger partial charge in [0.25, 0.3) is 0 Å². The molecule has 0 heterocycles. The van der Waals surface area contributed by atoms with Crippen molar-refractivity contribution >= 4 is 5.78 Å². The zero-order valence-corrected chi connectivity index (χ0v) is 11.5. The Morgan fingerprint density at radius 3 is 2.44 bits per heavy atom. The molecule has 3 heteroatoms. The van der Waals surface area contributed by atoms with Gasteiger partial charge in [0, 0.05) is 17.5 Å². The highest BCUT2D eigenvalue weighted by Crippen LogP contribution is 2.41. The van der Waals surface area contributed by atoms with E-state index >= 15 is 0 Å². The number of carbonyl (C=O) groups is 1. The van der Waals surface area contributed by atoms with Gasteiger partial charge < -0.3 is 9.47 Å². The number of hydrogen-bond donors (Lipinski definition) is 0. The van der Waals surface area contributed by atoms with Crippen molar-refractivity contribution in [1.29, 1.82) is 0 Å². The van der Waals surface area contributed by atoms with Crippen LogP contribution in [0.1, 0.15) is 54.1 Å². The van der Waals surface area contributed by atoms with Gasteiger partial charge in [-0.05, 0) is 24.8 Å². The summed E-state index contributed by atoms with van der Waals surface area (Å²) < 4.78 is 10.9. The highest BCUT2D eigenvalue weighted by Gasteiger charge is 2.27. The first-order valence-electron chi connectivity index (χ1n) is 6.41. The highest BCUT2D eigenvalue weighted by molar-refractivity contribution is 6.02. The maximum atomic E-state index is 12.1. The number of rotatable bonds is 3. The molecule has 0 bridgehead atoms. The second kappa shape index (κ2) is 5.01. The molecule has 2 rings (SSSR count). The monoisotopic (exact) mass is 248 g/mol. The highest BCUT2D eigenvalue weighted by atomic mass is 16.5. The summed E-state index contributed by atoms with van der Waals surface area (Å²) in [6.45, 7) is 4.24. The molecule has 98 valence electrons. The molecule has 0 saturated heterocycles. The van der Waals surface area contributed by atoms with Gasteiger partial charge in [-0.2, -0.15) is 0 Å². The summed E-state index contributed by atoms with van der Waals surface area (Å²) in [7, 11) is 3.29. The van der Waals surface area contributed by atoms with Crippen molar-refractivity contribution in [3.63, 3.8) is 0 Å². The van der Waals surface area contributed by atoms with E-state index in [4.69, 9.17) is 9.47 Å². The molecule has 1 aliphatic rings. The molecule has 1 aromatic carbocycles. The molecule has 0 amide bonds. The number of fused-ring (bicyclic) bond motifs is 1. The molecule has 3 nitrogen and oxygen atoms in total. The molecule has 0 fully saturated rings. The third kappa shape index (κ3) is 1.98. The largest absolute Gasteiger partial charge is 0.496 e. The Balaban J connectivity index is 2.72. The number of hydrogen-bond acceptors (Lipinski definition) is 3. The van der Waals surface area contributed by atoms with Gasteiger partial charge in [-0.25, -0.2) is 0 Å². The normalized spacial score (nSPS) is 14.6. The standard InChI is InChI=1S/C15H20O3/c1-9(2)11-8-13(17-3)14-10(15(11)18-4)6-5-7-12(14)16/h8-9H,5-7H2,1-4H3. The average molecular weight is 248 g/mol. The lowest BCUT2D eigenvalue weighted by molar-refractivity contribution is 0.0968. The third-order valence-corrected chi connectivity index (χ3v) is 3.53. The van der Waals surface area contributed by atoms with Crippen LogP contribution in [0.2, 0.25) is 0 Å². The Bertz CT molecular complexity index is 475. The summed E-state index contributed by atoms with van der Waals surface area (Å²) in [6, 6.07) is 1.95. The van der Waals surface area contributed by atoms with Crippen LogP contribution < -0.4 is 9.47 Å². The van der Waals surface area contributed by atoms with E-state index < -0.39 is 0 Å². The van der Waals surface area contributed by atoms with Crippen molar-refractivity contribution in [3.8, 4) is 11.5 Å². The molecule has 0 radical (unpaired) electrons. The zero-order chi connectivity index (χ0) is 13.3. The van der Waals surface area contributed by atoms with Gasteiger partial charge in [-0.1, -0.05) is 13.8 Å². The van der Waals surface area contributed by atoms with Crippen molar-refractivity contribution in [1.82, 2.24) is 0 Å². The van der Waals surface area contributed by atoms with Crippen molar-refractivity contribution < 1.29 is 14.3 Å². The predicted molar refractivity (Wildman–Crippen MR) is 70.9 cm³/mol. The van der Waals surface area contributed by atoms with Crippen LogP contribution in [0.5, 0.6) is 11.5 Å². The molecule has 0 aromatic heterocycles.